The molecule has 0 radical (unpaired) electrons. The van der Waals surface area contributed by atoms with Crippen LogP contribution in [0.25, 0.3) is 11.3 Å². The number of hydrogen-bond acceptors (Lipinski definition) is 11. The number of hydrogen-bond donors (Lipinski definition) is 1. The standard InChI is InChI=1S/C40H62BNO5Si.C34H44N4O3/c1-28-25-32(21-24-36(28)44-9)30-17-15-29(16-18-30)27-42(34-14-12-13-33(26-34)41-46-39(5,6)40(7,8)47-41)37(43)31-19-22-35(23-20-31)45-48(10,11)38(2,3)4;1-23-18-27(14-17-32(23)41-4)25-10-8-24(9-11-25)22-38(34(40)26-12-15-30(39)16-13-26)29-7-5-6-28(19-29)31-20-36-33(21-35-31)37(2)3/h12-14,21,24-26,29-31,35H,15-20,22-23,27H2,1-11H3;5-7,14,17-21,24-26,30,39H,8-13,15-16,22H2,1-4H3. The lowest BCUT2D eigenvalue weighted by Gasteiger charge is -2.41. The molecule has 5 aliphatic rings. The molecule has 0 atom stereocenters. The summed E-state index contributed by atoms with van der Waals surface area (Å²) in [6.45, 7) is 25.6. The Labute approximate surface area is 535 Å². The molecule has 4 aromatic carbocycles. The smallest absolute Gasteiger partial charge is 0.494 e. The summed E-state index contributed by atoms with van der Waals surface area (Å²) < 4.78 is 30.6. The van der Waals surface area contributed by atoms with E-state index >= 15 is 0 Å². The number of anilines is 3. The van der Waals surface area contributed by atoms with Crippen LogP contribution in [-0.2, 0) is 23.3 Å². The van der Waals surface area contributed by atoms with E-state index in [-0.39, 0.29) is 40.9 Å². The Bertz CT molecular complexity index is 3140. The average Bonchev–Trinajstić information content (AvgIpc) is 1.87. The van der Waals surface area contributed by atoms with Gasteiger partial charge in [-0.2, -0.15) is 0 Å². The molecule has 0 spiro atoms. The zero-order valence-electron chi connectivity index (χ0n) is 56.7. The third-order valence-corrected chi connectivity index (χ3v) is 26.0. The number of methoxy groups -OCH3 is 2. The predicted octanol–water partition coefficient (Wildman–Crippen LogP) is 15.6. The highest BCUT2D eigenvalue weighted by molar-refractivity contribution is 6.74. The zero-order valence-corrected chi connectivity index (χ0v) is 57.7. The lowest BCUT2D eigenvalue weighted by atomic mass is 9.77. The van der Waals surface area contributed by atoms with Crippen LogP contribution in [0.5, 0.6) is 11.5 Å². The first-order valence-corrected chi connectivity index (χ1v) is 36.5. The number of aliphatic hydroxyl groups is 1. The summed E-state index contributed by atoms with van der Waals surface area (Å²) in [7, 11) is 5.04. The molecule has 0 bridgehead atoms. The Morgan fingerprint density at radius 2 is 1.09 bits per heavy atom. The van der Waals surface area contributed by atoms with Crippen LogP contribution in [0.3, 0.4) is 0 Å². The Hall–Kier alpha value is -5.58. The molecule has 1 saturated heterocycles. The number of aryl methyl sites for hydroxylation is 2. The van der Waals surface area contributed by atoms with E-state index in [4.69, 9.17) is 23.2 Å². The molecular weight excluding hydrogens is 1130 g/mol. The molecule has 2 heterocycles. The topological polar surface area (TPSA) is 136 Å². The number of ether oxygens (including phenoxy) is 2. The molecule has 89 heavy (non-hydrogen) atoms. The van der Waals surface area contributed by atoms with Gasteiger partial charge in [0.2, 0.25) is 11.8 Å². The monoisotopic (exact) mass is 1230 g/mol. The SMILES string of the molecule is COc1ccc(C2CCC(CN(C(=O)C3CCC(O)CC3)c3cccc(-c4cnc(N(C)C)cn4)c3)CC2)cc1C.COc1ccc(C2CCC(CN(C(=O)C3CCC(O[Si](C)(C)C(C)(C)C)CC3)c3cccc(B4OC(C)(C)C(C)(C)O4)c3)CC2)cc1C. The first kappa shape index (κ1) is 67.8. The number of carbonyl (C=O) groups is 2. The fourth-order valence-corrected chi connectivity index (χ4v) is 15.4. The number of rotatable bonds is 17. The van der Waals surface area contributed by atoms with Crippen molar-refractivity contribution < 1.29 is 37.9 Å². The third kappa shape index (κ3) is 16.6. The predicted molar refractivity (Wildman–Crippen MR) is 366 cm³/mol. The Morgan fingerprint density at radius 1 is 0.618 bits per heavy atom. The summed E-state index contributed by atoms with van der Waals surface area (Å²) in [5.74, 6) is 5.14. The molecular formula is C74H106BN5O8Si. The van der Waals surface area contributed by atoms with E-state index in [2.05, 4.69) is 157 Å². The fraction of sp³-hybridized carbons (Fsp3) is 0.595. The van der Waals surface area contributed by atoms with Crippen molar-refractivity contribution in [3.63, 3.8) is 0 Å². The van der Waals surface area contributed by atoms with Crippen LogP contribution < -0.4 is 29.6 Å². The average molecular weight is 1230 g/mol. The van der Waals surface area contributed by atoms with E-state index in [1.807, 2.05) is 42.1 Å². The number of aromatic nitrogens is 2. The highest BCUT2D eigenvalue weighted by Crippen LogP contribution is 2.44. The molecule has 2 amide bonds. The number of benzene rings is 4. The molecule has 1 aromatic heterocycles. The molecule has 482 valence electrons. The number of amides is 2. The van der Waals surface area contributed by atoms with Gasteiger partial charge in [0, 0.05) is 62.1 Å². The highest BCUT2D eigenvalue weighted by Gasteiger charge is 2.52. The first-order chi connectivity index (χ1) is 42.2. The molecule has 10 rings (SSSR count). The van der Waals surface area contributed by atoms with Gasteiger partial charge in [0.1, 0.15) is 17.3 Å². The second-order valence-electron chi connectivity index (χ2n) is 29.5. The van der Waals surface area contributed by atoms with E-state index in [1.165, 1.54) is 22.3 Å². The summed E-state index contributed by atoms with van der Waals surface area (Å²) in [5.41, 5.74) is 8.93. The molecule has 4 aliphatic carbocycles. The van der Waals surface area contributed by atoms with E-state index in [0.29, 0.717) is 36.5 Å². The second-order valence-corrected chi connectivity index (χ2v) is 34.3. The van der Waals surface area contributed by atoms with Gasteiger partial charge in [-0.15, -0.1) is 0 Å². The van der Waals surface area contributed by atoms with E-state index < -0.39 is 26.6 Å². The van der Waals surface area contributed by atoms with Gasteiger partial charge < -0.3 is 43.0 Å². The highest BCUT2D eigenvalue weighted by atomic mass is 28.4. The van der Waals surface area contributed by atoms with E-state index in [9.17, 15) is 14.7 Å². The molecule has 4 saturated carbocycles. The van der Waals surface area contributed by atoms with Crippen molar-refractivity contribution in [1.29, 1.82) is 0 Å². The van der Waals surface area contributed by atoms with Gasteiger partial charge in [-0.1, -0.05) is 69.3 Å². The van der Waals surface area contributed by atoms with Crippen molar-refractivity contribution in [1.82, 2.24) is 9.97 Å². The van der Waals surface area contributed by atoms with Gasteiger partial charge >= 0.3 is 7.12 Å². The molecule has 1 N–H and O–H groups in total. The summed E-state index contributed by atoms with van der Waals surface area (Å²) in [6, 6.07) is 29.8. The van der Waals surface area contributed by atoms with Crippen LogP contribution in [0.15, 0.2) is 97.3 Å². The van der Waals surface area contributed by atoms with Crippen molar-refractivity contribution in [3.05, 3.63) is 120 Å². The van der Waals surface area contributed by atoms with Crippen LogP contribution in [0.1, 0.15) is 185 Å². The molecule has 0 unspecified atom stereocenters. The minimum absolute atomic E-state index is 0.0170. The molecule has 13 nitrogen and oxygen atoms in total. The van der Waals surface area contributed by atoms with E-state index in [1.54, 1.807) is 26.6 Å². The van der Waals surface area contributed by atoms with Crippen molar-refractivity contribution >= 4 is 49.9 Å². The minimum atomic E-state index is -1.85. The lowest BCUT2D eigenvalue weighted by molar-refractivity contribution is -0.124. The molecule has 15 heteroatoms. The quantitative estimate of drug-likeness (QED) is 0.0891. The molecule has 1 aliphatic heterocycles. The van der Waals surface area contributed by atoms with Gasteiger partial charge in [-0.3, -0.25) is 14.6 Å². The van der Waals surface area contributed by atoms with Crippen LogP contribution in [-0.4, -0.2) is 107 Å². The van der Waals surface area contributed by atoms with Crippen molar-refractivity contribution in [3.8, 4) is 22.8 Å². The van der Waals surface area contributed by atoms with Gasteiger partial charge in [-0.25, -0.2) is 4.98 Å². The Balaban J connectivity index is 0.000000214. The van der Waals surface area contributed by atoms with Crippen molar-refractivity contribution in [2.45, 2.75) is 218 Å². The van der Waals surface area contributed by atoms with Crippen molar-refractivity contribution in [2.75, 3.05) is 56.1 Å². The maximum atomic E-state index is 14.6. The summed E-state index contributed by atoms with van der Waals surface area (Å²) in [5, 5.41) is 10.2. The summed E-state index contributed by atoms with van der Waals surface area (Å²) >= 11 is 0. The minimum Gasteiger partial charge on any atom is -0.496 e. The largest absolute Gasteiger partial charge is 0.496 e. The summed E-state index contributed by atoms with van der Waals surface area (Å²) in [4.78, 5) is 43.9. The second kappa shape index (κ2) is 28.9. The van der Waals surface area contributed by atoms with Crippen LogP contribution >= 0.6 is 0 Å². The Morgan fingerprint density at radius 3 is 1.53 bits per heavy atom. The first-order valence-electron chi connectivity index (χ1n) is 33.6. The lowest BCUT2D eigenvalue weighted by Crippen LogP contribution is -2.46. The van der Waals surface area contributed by atoms with Gasteiger partial charge in [0.15, 0.2) is 8.32 Å². The number of nitrogens with zero attached hydrogens (tertiary/aromatic N) is 5. The maximum Gasteiger partial charge on any atom is 0.494 e. The number of carbonyl (C=O) groups excluding carboxylic acids is 2. The van der Waals surface area contributed by atoms with Crippen LogP contribution in [0, 0.1) is 37.5 Å². The van der Waals surface area contributed by atoms with Gasteiger partial charge in [0.05, 0.1) is 49.6 Å². The Kier molecular flexibility index (Phi) is 22.0. The number of aliphatic hydroxyl groups excluding tert-OH is 1. The molecule has 5 aromatic rings. The van der Waals surface area contributed by atoms with Crippen molar-refractivity contribution in [2.24, 2.45) is 23.7 Å². The van der Waals surface area contributed by atoms with Gasteiger partial charge in [-0.05, 0) is 250 Å². The summed E-state index contributed by atoms with van der Waals surface area (Å²) in [6.07, 6.45) is 19.1. The maximum absolute atomic E-state index is 14.6. The van der Waals surface area contributed by atoms with Crippen LogP contribution in [0.4, 0.5) is 17.2 Å². The van der Waals surface area contributed by atoms with Gasteiger partial charge in [0.25, 0.3) is 0 Å². The molecule has 5 fully saturated rings. The fourth-order valence-electron chi connectivity index (χ4n) is 14.0. The van der Waals surface area contributed by atoms with Crippen LogP contribution in [0.2, 0.25) is 18.1 Å². The zero-order chi connectivity index (χ0) is 64.0. The van der Waals surface area contributed by atoms with E-state index in [0.717, 1.165) is 148 Å². The third-order valence-electron chi connectivity index (χ3n) is 21.5. The normalized spacial score (nSPS) is 24.4.